The highest BCUT2D eigenvalue weighted by Crippen LogP contribution is 2.33. The summed E-state index contributed by atoms with van der Waals surface area (Å²) in [6.07, 6.45) is 5.00. The summed E-state index contributed by atoms with van der Waals surface area (Å²) in [5.41, 5.74) is 23.8. The molecule has 0 saturated carbocycles. The summed E-state index contributed by atoms with van der Waals surface area (Å²) < 4.78 is 0. The standard InChI is InChI=1S/C66H63ClSi/c1-46-58(37-52-25-13-7-14-26-52)43-59(38-53-27-15-8-16-28-53)47(2)64(46)68(67,65-48(3)60(39-54-29-17-9-18-30-54)44-61(49(65)4)40-55-31-19-10-20-32-55)66-50(5)62(41-56-33-21-11-22-34-56)45-63(51(66)6)42-57-35-23-12-24-36-57/h7-36,43-45H,37-42H2,1-6H3. The number of halogens is 1. The van der Waals surface area contributed by atoms with Crippen molar-refractivity contribution in [3.05, 3.63) is 300 Å². The molecule has 0 aliphatic heterocycles. The van der Waals surface area contributed by atoms with Crippen LogP contribution in [0.5, 0.6) is 0 Å². The smallest absolute Gasteiger partial charge is 0.149 e. The quantitative estimate of drug-likeness (QED) is 0.0546. The van der Waals surface area contributed by atoms with Crippen molar-refractivity contribution in [2.45, 2.75) is 80.1 Å². The van der Waals surface area contributed by atoms with E-state index in [9.17, 15) is 11.1 Å². The lowest BCUT2D eigenvalue weighted by molar-refractivity contribution is 1.09. The molecule has 338 valence electrons. The van der Waals surface area contributed by atoms with Crippen molar-refractivity contribution in [2.75, 3.05) is 0 Å². The number of benzene rings is 9. The van der Waals surface area contributed by atoms with E-state index in [0.717, 1.165) is 38.5 Å². The Morgan fingerprint density at radius 2 is 0.397 bits per heavy atom. The molecule has 0 radical (unpaired) electrons. The molecule has 9 rings (SSSR count). The molecule has 0 atom stereocenters. The number of hydrogen-bond donors (Lipinski definition) is 0. The van der Waals surface area contributed by atoms with Crippen LogP contribution in [0.25, 0.3) is 0 Å². The molecule has 0 N–H and O–H groups in total. The Kier molecular flexibility index (Phi) is 14.2. The SMILES string of the molecule is Cc1c(Cc2ccccc2)cc(Cc2ccccc2)c(C)c1[Si](Cl)(c1c(C)c(Cc2ccccc2)cc(Cc2ccccc2)c1C)c1c(C)c(Cc2ccccc2)cc(Cc2ccccc2)c1C. The lowest BCUT2D eigenvalue weighted by Crippen LogP contribution is -2.68. The zero-order valence-corrected chi connectivity index (χ0v) is 42.4. The van der Waals surface area contributed by atoms with E-state index in [1.807, 2.05) is 0 Å². The molecular formula is C66H63ClSi. The Hall–Kier alpha value is -6.51. The molecule has 0 saturated heterocycles. The maximum Gasteiger partial charge on any atom is 0.249 e. The molecule has 0 fully saturated rings. The molecule has 2 heteroatoms. The molecule has 0 bridgehead atoms. The lowest BCUT2D eigenvalue weighted by atomic mass is 9.91. The molecule has 0 aliphatic carbocycles. The second-order valence-corrected chi connectivity index (χ2v) is 23.6. The van der Waals surface area contributed by atoms with Crippen molar-refractivity contribution >= 4 is 34.0 Å². The molecule has 0 heterocycles. The maximum absolute atomic E-state index is 9.54. The predicted molar refractivity (Wildman–Crippen MR) is 294 cm³/mol. The van der Waals surface area contributed by atoms with Gasteiger partial charge in [-0.1, -0.05) is 200 Å². The third kappa shape index (κ3) is 9.88. The van der Waals surface area contributed by atoms with Gasteiger partial charge in [0.05, 0.1) is 0 Å². The fourth-order valence-electron chi connectivity index (χ4n) is 11.0. The Morgan fingerprint density at radius 1 is 0.250 bits per heavy atom. The largest absolute Gasteiger partial charge is 0.249 e. The Balaban J connectivity index is 1.42. The summed E-state index contributed by atoms with van der Waals surface area (Å²) in [5, 5.41) is 4.04. The number of hydrogen-bond acceptors (Lipinski definition) is 0. The van der Waals surface area contributed by atoms with E-state index in [1.54, 1.807) is 0 Å². The molecule has 68 heavy (non-hydrogen) atoms. The first-order chi connectivity index (χ1) is 33.1. The van der Waals surface area contributed by atoms with Gasteiger partial charge in [0, 0.05) is 0 Å². The monoisotopic (exact) mass is 918 g/mol. The van der Waals surface area contributed by atoms with Crippen LogP contribution in [-0.2, 0) is 38.5 Å². The topological polar surface area (TPSA) is 0 Å². The van der Waals surface area contributed by atoms with Crippen LogP contribution in [0.15, 0.2) is 200 Å². The van der Waals surface area contributed by atoms with Gasteiger partial charge in [-0.25, -0.2) is 0 Å². The zero-order valence-electron chi connectivity index (χ0n) is 40.7. The summed E-state index contributed by atoms with van der Waals surface area (Å²) in [5.74, 6) is 0. The first kappa shape index (κ1) is 46.6. The Labute approximate surface area is 412 Å². The minimum absolute atomic E-state index is 0.833. The first-order valence-corrected chi connectivity index (χ1v) is 27.4. The second-order valence-electron chi connectivity index (χ2n) is 19.1. The van der Waals surface area contributed by atoms with Crippen LogP contribution in [0.3, 0.4) is 0 Å². The van der Waals surface area contributed by atoms with Crippen LogP contribution in [-0.4, -0.2) is 7.38 Å². The van der Waals surface area contributed by atoms with Crippen LogP contribution >= 0.6 is 11.1 Å². The van der Waals surface area contributed by atoms with Crippen molar-refractivity contribution in [3.8, 4) is 0 Å². The van der Waals surface area contributed by atoms with Gasteiger partial charge in [-0.15, -0.1) is 11.1 Å². The van der Waals surface area contributed by atoms with Crippen LogP contribution in [0.1, 0.15) is 100 Å². The molecule has 9 aromatic carbocycles. The van der Waals surface area contributed by atoms with Gasteiger partial charge in [0.25, 0.3) is 0 Å². The van der Waals surface area contributed by atoms with Gasteiger partial charge >= 0.3 is 0 Å². The second kappa shape index (κ2) is 20.8. The van der Waals surface area contributed by atoms with Crippen molar-refractivity contribution in [1.82, 2.24) is 0 Å². The predicted octanol–water partition coefficient (Wildman–Crippen LogP) is 14.3. The van der Waals surface area contributed by atoms with Gasteiger partial charge in [-0.3, -0.25) is 0 Å². The summed E-state index contributed by atoms with van der Waals surface area (Å²) in [6, 6.07) is 73.6. The maximum atomic E-state index is 9.54. The van der Waals surface area contributed by atoms with Gasteiger partial charge < -0.3 is 0 Å². The van der Waals surface area contributed by atoms with Crippen LogP contribution in [0.4, 0.5) is 0 Å². The van der Waals surface area contributed by atoms with Gasteiger partial charge in [-0.05, 0) is 196 Å². The zero-order chi connectivity index (χ0) is 47.2. The molecule has 0 spiro atoms. The molecular weight excluding hydrogens is 856 g/mol. The van der Waals surface area contributed by atoms with Crippen LogP contribution < -0.4 is 15.6 Å². The van der Waals surface area contributed by atoms with E-state index in [0.29, 0.717) is 0 Å². The van der Waals surface area contributed by atoms with Crippen LogP contribution in [0, 0.1) is 41.5 Å². The highest BCUT2D eigenvalue weighted by molar-refractivity contribution is 7.41. The highest BCUT2D eigenvalue weighted by atomic mass is 35.6. The van der Waals surface area contributed by atoms with E-state index in [4.69, 9.17) is 0 Å². The van der Waals surface area contributed by atoms with Gasteiger partial charge in [0.1, 0.15) is 0 Å². The van der Waals surface area contributed by atoms with Crippen LogP contribution in [0.2, 0.25) is 0 Å². The van der Waals surface area contributed by atoms with Gasteiger partial charge in [0.2, 0.25) is 7.38 Å². The average molecular weight is 920 g/mol. The van der Waals surface area contributed by atoms with E-state index in [-0.39, 0.29) is 0 Å². The summed E-state index contributed by atoms with van der Waals surface area (Å²) in [6.45, 7) is 14.4. The van der Waals surface area contributed by atoms with E-state index >= 15 is 0 Å². The van der Waals surface area contributed by atoms with Crippen molar-refractivity contribution in [2.24, 2.45) is 0 Å². The minimum Gasteiger partial charge on any atom is -0.149 e. The molecule has 0 unspecified atom stereocenters. The number of rotatable bonds is 15. The molecule has 9 aromatic rings. The fraction of sp³-hybridized carbons (Fsp3) is 0.182. The summed E-state index contributed by atoms with van der Waals surface area (Å²) in [7, 11) is -3.56. The van der Waals surface area contributed by atoms with Gasteiger partial charge in [-0.2, -0.15) is 0 Å². The Bertz CT molecular complexity index is 2600. The minimum atomic E-state index is -3.56. The molecule has 0 aliphatic rings. The molecule has 0 aromatic heterocycles. The van der Waals surface area contributed by atoms with Crippen molar-refractivity contribution in [1.29, 1.82) is 0 Å². The molecule has 0 amide bonds. The third-order valence-corrected chi connectivity index (χ3v) is 20.7. The third-order valence-electron chi connectivity index (χ3n) is 14.6. The van der Waals surface area contributed by atoms with Gasteiger partial charge in [0.15, 0.2) is 0 Å². The normalized spacial score (nSPS) is 11.5. The van der Waals surface area contributed by atoms with Crippen molar-refractivity contribution < 1.29 is 0 Å². The summed E-state index contributed by atoms with van der Waals surface area (Å²) in [4.78, 5) is 0. The highest BCUT2D eigenvalue weighted by Gasteiger charge is 2.47. The van der Waals surface area contributed by atoms with E-state index < -0.39 is 7.38 Å². The first-order valence-electron chi connectivity index (χ1n) is 24.4. The Morgan fingerprint density at radius 3 is 0.544 bits per heavy atom. The fourth-order valence-corrected chi connectivity index (χ4v) is 18.4. The molecule has 0 nitrogen and oxygen atoms in total. The summed E-state index contributed by atoms with van der Waals surface area (Å²) >= 11 is 9.54. The van der Waals surface area contributed by atoms with Crippen molar-refractivity contribution in [3.63, 3.8) is 0 Å². The lowest BCUT2D eigenvalue weighted by Gasteiger charge is -2.38. The average Bonchev–Trinajstić information content (AvgIpc) is 3.35. The van der Waals surface area contributed by atoms with E-state index in [1.165, 1.54) is 116 Å². The van der Waals surface area contributed by atoms with E-state index in [2.05, 4.69) is 242 Å².